The molecule has 1 fully saturated rings. The molecule has 1 heterocycles. The molecule has 2 aromatic rings. The summed E-state index contributed by atoms with van der Waals surface area (Å²) in [7, 11) is -12.4. The average Bonchev–Trinajstić information content (AvgIpc) is 2.71. The van der Waals surface area contributed by atoms with Crippen molar-refractivity contribution < 1.29 is 43.2 Å². The first kappa shape index (κ1) is 26.6. The fraction of sp³-hybridized carbons (Fsp3) is 0.429. The molecule has 0 spiro atoms. The number of benzene rings is 2. The van der Waals surface area contributed by atoms with Crippen LogP contribution in [0, 0.1) is 0 Å². The average molecular weight is 541 g/mol. The lowest BCUT2D eigenvalue weighted by Crippen LogP contribution is -2.42. The zero-order valence-electron chi connectivity index (χ0n) is 18.5. The van der Waals surface area contributed by atoms with Gasteiger partial charge in [-0.1, -0.05) is 18.2 Å². The van der Waals surface area contributed by atoms with Crippen LogP contribution in [0.25, 0.3) is 0 Å². The zero-order chi connectivity index (χ0) is 25.7. The first-order valence-electron chi connectivity index (χ1n) is 9.94. The second-order valence-electron chi connectivity index (χ2n) is 8.51. The minimum absolute atomic E-state index is 0.0180. The number of rotatable bonds is 5. The quantitative estimate of drug-likeness (QED) is 0.570. The Morgan fingerprint density at radius 3 is 2.12 bits per heavy atom. The van der Waals surface area contributed by atoms with Crippen LogP contribution in [-0.4, -0.2) is 49.1 Å². The van der Waals surface area contributed by atoms with Crippen LogP contribution in [0.3, 0.4) is 0 Å². The molecule has 0 bridgehead atoms. The Kier molecular flexibility index (Phi) is 6.75. The fourth-order valence-corrected chi connectivity index (χ4v) is 8.59. The molecule has 0 amide bonds. The summed E-state index contributed by atoms with van der Waals surface area (Å²) < 4.78 is 120. The molecule has 0 aliphatic carbocycles. The summed E-state index contributed by atoms with van der Waals surface area (Å²) in [5.74, 6) is 0. The van der Waals surface area contributed by atoms with Crippen LogP contribution in [0.5, 0.6) is 0 Å². The maximum absolute atomic E-state index is 13.4. The van der Waals surface area contributed by atoms with E-state index in [1.165, 1.54) is 19.1 Å². The van der Waals surface area contributed by atoms with Crippen LogP contribution in [0.4, 0.5) is 13.2 Å². The number of ether oxygens (including phenoxy) is 1. The standard InChI is InChI=1S/C21H23F3O7S3/c1-20(34(29,30)15-7-4-6-14(12-15)21(22,23)24)10-11-31-17(13-20)16-8-5-9-18(32(2,25)26)19(16)33(3,27)28/h4-9,12,17H,10-11,13H2,1-3H3. The summed E-state index contributed by atoms with van der Waals surface area (Å²) in [4.78, 5) is -1.44. The molecule has 7 nitrogen and oxygen atoms in total. The smallest absolute Gasteiger partial charge is 0.373 e. The maximum atomic E-state index is 13.4. The molecule has 0 saturated carbocycles. The third kappa shape index (κ3) is 5.02. The molecule has 0 aromatic heterocycles. The van der Waals surface area contributed by atoms with Crippen molar-refractivity contribution in [3.63, 3.8) is 0 Å². The Balaban J connectivity index is 2.12. The summed E-state index contributed by atoms with van der Waals surface area (Å²) in [6.45, 7) is 1.23. The summed E-state index contributed by atoms with van der Waals surface area (Å²) in [6.07, 6.45) is -4.51. The van der Waals surface area contributed by atoms with E-state index in [-0.39, 0.29) is 25.0 Å². The van der Waals surface area contributed by atoms with Gasteiger partial charge in [0.2, 0.25) is 0 Å². The van der Waals surface area contributed by atoms with Crippen LogP contribution in [0.2, 0.25) is 0 Å². The number of hydrogen-bond donors (Lipinski definition) is 0. The van der Waals surface area contributed by atoms with E-state index >= 15 is 0 Å². The van der Waals surface area contributed by atoms with Gasteiger partial charge in [0.15, 0.2) is 29.5 Å². The first-order valence-corrected chi connectivity index (χ1v) is 15.2. The largest absolute Gasteiger partial charge is 0.416 e. The van der Waals surface area contributed by atoms with E-state index in [4.69, 9.17) is 4.74 Å². The molecule has 2 unspecified atom stereocenters. The molecule has 2 atom stereocenters. The minimum atomic E-state index is -4.74. The van der Waals surface area contributed by atoms with Gasteiger partial charge in [-0.25, -0.2) is 25.3 Å². The van der Waals surface area contributed by atoms with E-state index in [1.54, 1.807) is 0 Å². The lowest BCUT2D eigenvalue weighted by Gasteiger charge is -2.38. The number of alkyl halides is 3. The van der Waals surface area contributed by atoms with Crippen LogP contribution in [-0.2, 0) is 40.4 Å². The van der Waals surface area contributed by atoms with Crippen molar-refractivity contribution in [2.75, 3.05) is 19.1 Å². The molecule has 1 aliphatic rings. The van der Waals surface area contributed by atoms with Crippen molar-refractivity contribution in [2.24, 2.45) is 0 Å². The third-order valence-corrected chi connectivity index (χ3v) is 10.8. The predicted molar refractivity (Wildman–Crippen MR) is 118 cm³/mol. The Bertz CT molecular complexity index is 1430. The van der Waals surface area contributed by atoms with Gasteiger partial charge >= 0.3 is 6.18 Å². The van der Waals surface area contributed by atoms with Crippen molar-refractivity contribution >= 4 is 29.5 Å². The molecule has 1 saturated heterocycles. The molecule has 3 rings (SSSR count). The lowest BCUT2D eigenvalue weighted by atomic mass is 9.92. The fourth-order valence-electron chi connectivity index (χ4n) is 4.01. The van der Waals surface area contributed by atoms with E-state index < -0.39 is 66.8 Å². The highest BCUT2D eigenvalue weighted by atomic mass is 32.2. The van der Waals surface area contributed by atoms with Crippen molar-refractivity contribution in [3.05, 3.63) is 53.6 Å². The van der Waals surface area contributed by atoms with Crippen molar-refractivity contribution in [3.8, 4) is 0 Å². The summed E-state index contributed by atoms with van der Waals surface area (Å²) >= 11 is 0. The van der Waals surface area contributed by atoms with Gasteiger partial charge in [0, 0.05) is 24.7 Å². The molecule has 2 aromatic carbocycles. The maximum Gasteiger partial charge on any atom is 0.416 e. The van der Waals surface area contributed by atoms with Crippen molar-refractivity contribution in [1.29, 1.82) is 0 Å². The van der Waals surface area contributed by atoms with E-state index in [2.05, 4.69) is 0 Å². The SMILES string of the molecule is CC1(S(=O)(=O)c2cccc(C(F)(F)F)c2)CCOC(c2cccc(S(C)(=O)=O)c2S(C)(=O)=O)C1. The van der Waals surface area contributed by atoms with Gasteiger partial charge in [0.1, 0.15) is 0 Å². The van der Waals surface area contributed by atoms with E-state index in [9.17, 15) is 38.4 Å². The van der Waals surface area contributed by atoms with E-state index in [0.717, 1.165) is 36.8 Å². The highest BCUT2D eigenvalue weighted by Crippen LogP contribution is 2.44. The second-order valence-corrected chi connectivity index (χ2v) is 14.9. The highest BCUT2D eigenvalue weighted by molar-refractivity contribution is 7.94. The molecule has 0 radical (unpaired) electrons. The number of hydrogen-bond acceptors (Lipinski definition) is 7. The van der Waals surface area contributed by atoms with Crippen LogP contribution < -0.4 is 0 Å². The molecule has 13 heteroatoms. The van der Waals surface area contributed by atoms with Gasteiger partial charge in [0.05, 0.1) is 31.1 Å². The van der Waals surface area contributed by atoms with Crippen molar-refractivity contribution in [2.45, 2.75) is 51.5 Å². The highest BCUT2D eigenvalue weighted by Gasteiger charge is 2.46. The van der Waals surface area contributed by atoms with Crippen molar-refractivity contribution in [1.82, 2.24) is 0 Å². The topological polar surface area (TPSA) is 112 Å². The number of halogens is 3. The third-order valence-electron chi connectivity index (χ3n) is 5.81. The second kappa shape index (κ2) is 8.61. The molecule has 188 valence electrons. The summed E-state index contributed by atoms with van der Waals surface area (Å²) in [6, 6.07) is 7.23. The predicted octanol–water partition coefficient (Wildman–Crippen LogP) is 3.60. The Morgan fingerprint density at radius 2 is 1.56 bits per heavy atom. The van der Waals surface area contributed by atoms with Gasteiger partial charge in [-0.2, -0.15) is 13.2 Å². The summed E-state index contributed by atoms with van der Waals surface area (Å²) in [5, 5.41) is 0. The molecular formula is C21H23F3O7S3. The van der Waals surface area contributed by atoms with Crippen LogP contribution >= 0.6 is 0 Å². The molecule has 0 N–H and O–H groups in total. The lowest BCUT2D eigenvalue weighted by molar-refractivity contribution is -0.137. The Hall–Kier alpha value is -1.96. The van der Waals surface area contributed by atoms with E-state index in [1.807, 2.05) is 0 Å². The Morgan fingerprint density at radius 1 is 0.941 bits per heavy atom. The van der Waals surface area contributed by atoms with Gasteiger partial charge < -0.3 is 4.74 Å². The number of sulfone groups is 3. The molecule has 1 aliphatic heterocycles. The monoisotopic (exact) mass is 540 g/mol. The molecule has 34 heavy (non-hydrogen) atoms. The van der Waals surface area contributed by atoms with Crippen LogP contribution in [0.15, 0.2) is 57.2 Å². The van der Waals surface area contributed by atoms with Gasteiger partial charge in [-0.15, -0.1) is 0 Å². The van der Waals surface area contributed by atoms with Crippen LogP contribution in [0.1, 0.15) is 37.0 Å². The van der Waals surface area contributed by atoms with Gasteiger partial charge in [-0.3, -0.25) is 0 Å². The normalized spacial score (nSPS) is 22.5. The van der Waals surface area contributed by atoms with Gasteiger partial charge in [-0.05, 0) is 44.0 Å². The summed E-state index contributed by atoms with van der Waals surface area (Å²) in [5.41, 5.74) is -1.13. The first-order chi connectivity index (χ1) is 15.4. The molecular weight excluding hydrogens is 517 g/mol. The Labute approximate surface area is 196 Å². The minimum Gasteiger partial charge on any atom is -0.373 e. The van der Waals surface area contributed by atoms with Gasteiger partial charge in [0.25, 0.3) is 0 Å². The zero-order valence-corrected chi connectivity index (χ0v) is 20.9. The van der Waals surface area contributed by atoms with E-state index in [0.29, 0.717) is 6.07 Å².